The SMILES string of the molecule is COc1cc(CNCC2(O)CCOC2C)cc(Br)c1O. The molecule has 0 aliphatic carbocycles. The Morgan fingerprint density at radius 3 is 2.90 bits per heavy atom. The molecule has 3 N–H and O–H groups in total. The van der Waals surface area contributed by atoms with E-state index in [9.17, 15) is 10.2 Å². The highest BCUT2D eigenvalue weighted by molar-refractivity contribution is 9.10. The summed E-state index contributed by atoms with van der Waals surface area (Å²) in [7, 11) is 1.51. The molecule has 0 saturated carbocycles. The van der Waals surface area contributed by atoms with Crippen LogP contribution in [0, 0.1) is 0 Å². The molecule has 6 heteroatoms. The molecule has 2 unspecified atom stereocenters. The first-order valence-corrected chi connectivity index (χ1v) is 7.35. The maximum Gasteiger partial charge on any atom is 0.172 e. The number of halogens is 1. The molecule has 1 aromatic rings. The fourth-order valence-electron chi connectivity index (χ4n) is 2.31. The van der Waals surface area contributed by atoms with E-state index in [1.165, 1.54) is 7.11 Å². The molecule has 0 spiro atoms. The molecule has 2 atom stereocenters. The zero-order chi connectivity index (χ0) is 14.8. The van der Waals surface area contributed by atoms with E-state index >= 15 is 0 Å². The van der Waals surface area contributed by atoms with E-state index in [-0.39, 0.29) is 11.9 Å². The zero-order valence-electron chi connectivity index (χ0n) is 11.6. The van der Waals surface area contributed by atoms with E-state index in [4.69, 9.17) is 9.47 Å². The largest absolute Gasteiger partial charge is 0.503 e. The number of aromatic hydroxyl groups is 1. The van der Waals surface area contributed by atoms with Crippen LogP contribution in [0.25, 0.3) is 0 Å². The highest BCUT2D eigenvalue weighted by Gasteiger charge is 2.38. The van der Waals surface area contributed by atoms with Gasteiger partial charge in [0.1, 0.15) is 5.60 Å². The number of methoxy groups -OCH3 is 1. The number of rotatable bonds is 5. The van der Waals surface area contributed by atoms with Crippen LogP contribution in [0.1, 0.15) is 18.9 Å². The van der Waals surface area contributed by atoms with Crippen molar-refractivity contribution in [2.45, 2.75) is 31.6 Å². The van der Waals surface area contributed by atoms with Gasteiger partial charge in [-0.3, -0.25) is 0 Å². The van der Waals surface area contributed by atoms with Crippen molar-refractivity contribution in [1.82, 2.24) is 5.32 Å². The summed E-state index contributed by atoms with van der Waals surface area (Å²) in [5, 5.41) is 23.3. The van der Waals surface area contributed by atoms with Crippen molar-refractivity contribution in [2.75, 3.05) is 20.3 Å². The van der Waals surface area contributed by atoms with Gasteiger partial charge in [-0.15, -0.1) is 0 Å². The molecule has 0 aromatic heterocycles. The summed E-state index contributed by atoms with van der Waals surface area (Å²) in [5.41, 5.74) is 0.153. The highest BCUT2D eigenvalue weighted by atomic mass is 79.9. The van der Waals surface area contributed by atoms with Crippen molar-refractivity contribution in [3.63, 3.8) is 0 Å². The van der Waals surface area contributed by atoms with Gasteiger partial charge < -0.3 is 25.0 Å². The van der Waals surface area contributed by atoms with E-state index in [1.807, 2.05) is 13.0 Å². The molecule has 1 heterocycles. The first kappa shape index (κ1) is 15.6. The van der Waals surface area contributed by atoms with Crippen LogP contribution in [-0.4, -0.2) is 42.2 Å². The zero-order valence-corrected chi connectivity index (χ0v) is 13.2. The molecule has 0 radical (unpaired) electrons. The number of benzene rings is 1. The smallest absolute Gasteiger partial charge is 0.172 e. The Morgan fingerprint density at radius 2 is 2.30 bits per heavy atom. The van der Waals surface area contributed by atoms with Crippen LogP contribution >= 0.6 is 15.9 Å². The van der Waals surface area contributed by atoms with Crippen molar-refractivity contribution in [1.29, 1.82) is 0 Å². The lowest BCUT2D eigenvalue weighted by Crippen LogP contribution is -2.45. The summed E-state index contributed by atoms with van der Waals surface area (Å²) in [4.78, 5) is 0. The Labute approximate surface area is 127 Å². The van der Waals surface area contributed by atoms with Gasteiger partial charge >= 0.3 is 0 Å². The van der Waals surface area contributed by atoms with Gasteiger partial charge in [0.2, 0.25) is 0 Å². The molecule has 2 rings (SSSR count). The van der Waals surface area contributed by atoms with Gasteiger partial charge in [-0.25, -0.2) is 0 Å². The number of phenols is 1. The number of phenolic OH excluding ortho intramolecular Hbond substituents is 1. The minimum atomic E-state index is -0.807. The fourth-order valence-corrected chi connectivity index (χ4v) is 2.80. The summed E-state index contributed by atoms with van der Waals surface area (Å²) in [6.45, 7) is 3.52. The second-order valence-corrected chi connectivity index (χ2v) is 5.95. The van der Waals surface area contributed by atoms with Gasteiger partial charge in [-0.2, -0.15) is 0 Å². The third-order valence-corrected chi connectivity index (χ3v) is 4.33. The van der Waals surface area contributed by atoms with Gasteiger partial charge in [0.25, 0.3) is 0 Å². The third kappa shape index (κ3) is 3.25. The Morgan fingerprint density at radius 1 is 1.55 bits per heavy atom. The number of hydrogen-bond donors (Lipinski definition) is 3. The van der Waals surface area contributed by atoms with E-state index in [0.29, 0.717) is 36.3 Å². The summed E-state index contributed by atoms with van der Waals surface area (Å²) >= 11 is 3.29. The Kier molecular flexibility index (Phi) is 4.90. The second-order valence-electron chi connectivity index (χ2n) is 5.10. The van der Waals surface area contributed by atoms with Crippen LogP contribution in [0.3, 0.4) is 0 Å². The van der Waals surface area contributed by atoms with Crippen molar-refractivity contribution in [2.24, 2.45) is 0 Å². The number of aliphatic hydroxyl groups is 1. The van der Waals surface area contributed by atoms with Gasteiger partial charge in [0, 0.05) is 26.1 Å². The van der Waals surface area contributed by atoms with Crippen LogP contribution in [0.4, 0.5) is 0 Å². The second kappa shape index (κ2) is 6.30. The fraction of sp³-hybridized carbons (Fsp3) is 0.571. The predicted molar refractivity (Wildman–Crippen MR) is 79.0 cm³/mol. The van der Waals surface area contributed by atoms with Crippen LogP contribution < -0.4 is 10.1 Å². The van der Waals surface area contributed by atoms with Gasteiger partial charge in [0.15, 0.2) is 11.5 Å². The maximum absolute atomic E-state index is 10.4. The Balaban J connectivity index is 1.96. The number of nitrogens with one attached hydrogen (secondary N) is 1. The van der Waals surface area contributed by atoms with E-state index in [0.717, 1.165) is 5.56 Å². The van der Waals surface area contributed by atoms with Crippen molar-refractivity contribution in [3.8, 4) is 11.5 Å². The summed E-state index contributed by atoms with van der Waals surface area (Å²) in [5.74, 6) is 0.514. The topological polar surface area (TPSA) is 71.0 Å². The molecule has 1 fully saturated rings. The number of hydrogen-bond acceptors (Lipinski definition) is 5. The highest BCUT2D eigenvalue weighted by Crippen LogP contribution is 2.35. The monoisotopic (exact) mass is 345 g/mol. The summed E-state index contributed by atoms with van der Waals surface area (Å²) in [6, 6.07) is 3.59. The molecular weight excluding hydrogens is 326 g/mol. The lowest BCUT2D eigenvalue weighted by atomic mass is 9.96. The number of ether oxygens (including phenoxy) is 2. The van der Waals surface area contributed by atoms with Crippen molar-refractivity contribution < 1.29 is 19.7 Å². The molecule has 1 aromatic carbocycles. The van der Waals surface area contributed by atoms with Gasteiger partial charge in [-0.05, 0) is 40.5 Å². The quantitative estimate of drug-likeness (QED) is 0.758. The van der Waals surface area contributed by atoms with Crippen molar-refractivity contribution in [3.05, 3.63) is 22.2 Å². The lowest BCUT2D eigenvalue weighted by Gasteiger charge is -2.26. The molecule has 112 valence electrons. The first-order valence-electron chi connectivity index (χ1n) is 6.56. The molecular formula is C14H20BrNO4. The van der Waals surface area contributed by atoms with E-state index in [1.54, 1.807) is 6.07 Å². The molecule has 20 heavy (non-hydrogen) atoms. The molecule has 0 bridgehead atoms. The summed E-state index contributed by atoms with van der Waals surface area (Å²) in [6.07, 6.45) is 0.486. The predicted octanol–water partition coefficient (Wildman–Crippen LogP) is 1.79. The van der Waals surface area contributed by atoms with Gasteiger partial charge in [-0.1, -0.05) is 0 Å². The van der Waals surface area contributed by atoms with Gasteiger partial charge in [0.05, 0.1) is 17.7 Å². The summed E-state index contributed by atoms with van der Waals surface area (Å²) < 4.78 is 11.1. The molecule has 0 amide bonds. The normalized spacial score (nSPS) is 25.9. The maximum atomic E-state index is 10.4. The Bertz CT molecular complexity index is 482. The van der Waals surface area contributed by atoms with Crippen LogP contribution in [0.2, 0.25) is 0 Å². The molecule has 5 nitrogen and oxygen atoms in total. The first-order chi connectivity index (χ1) is 9.46. The van der Waals surface area contributed by atoms with Crippen LogP contribution in [0.15, 0.2) is 16.6 Å². The molecule has 1 saturated heterocycles. The van der Waals surface area contributed by atoms with E-state index in [2.05, 4.69) is 21.2 Å². The van der Waals surface area contributed by atoms with E-state index < -0.39 is 5.60 Å². The molecule has 1 aliphatic rings. The lowest BCUT2D eigenvalue weighted by molar-refractivity contribution is -0.0262. The van der Waals surface area contributed by atoms with Crippen molar-refractivity contribution >= 4 is 15.9 Å². The average Bonchev–Trinajstić information content (AvgIpc) is 2.74. The molecule has 1 aliphatic heterocycles. The minimum Gasteiger partial charge on any atom is -0.503 e. The third-order valence-electron chi connectivity index (χ3n) is 3.73. The van der Waals surface area contributed by atoms with Crippen LogP contribution in [0.5, 0.6) is 11.5 Å². The average molecular weight is 346 g/mol. The Hall–Kier alpha value is -0.820. The van der Waals surface area contributed by atoms with Crippen LogP contribution in [-0.2, 0) is 11.3 Å². The standard InChI is InChI=1S/C14H20BrNO4/c1-9-14(18,3-4-20-9)8-16-7-10-5-11(15)13(17)12(6-10)19-2/h5-6,9,16-18H,3-4,7-8H2,1-2H3. The minimum absolute atomic E-state index is 0.0905.